The van der Waals surface area contributed by atoms with Gasteiger partial charge in [0.05, 0.1) is 20.1 Å². The second-order valence-electron chi connectivity index (χ2n) is 7.05. The first-order valence-electron chi connectivity index (χ1n) is 8.09. The van der Waals surface area contributed by atoms with Gasteiger partial charge in [-0.25, -0.2) is 4.79 Å². The number of aliphatic carboxylic acids is 1. The summed E-state index contributed by atoms with van der Waals surface area (Å²) in [5.41, 5.74) is 0.160. The molecule has 138 valence electrons. The first-order chi connectivity index (χ1) is 11.7. The minimum atomic E-state index is -0.939. The van der Waals surface area contributed by atoms with Crippen molar-refractivity contribution in [3.05, 3.63) is 23.8 Å². The van der Waals surface area contributed by atoms with E-state index in [2.05, 4.69) is 0 Å². The van der Waals surface area contributed by atoms with E-state index in [9.17, 15) is 14.7 Å². The Hall–Kier alpha value is -2.44. The number of rotatable bonds is 4. The second kappa shape index (κ2) is 7.21. The van der Waals surface area contributed by atoms with Crippen LogP contribution in [0.1, 0.15) is 32.3 Å². The van der Waals surface area contributed by atoms with E-state index in [4.69, 9.17) is 14.2 Å². The van der Waals surface area contributed by atoms with Crippen molar-refractivity contribution >= 4 is 12.1 Å². The summed E-state index contributed by atoms with van der Waals surface area (Å²) in [6, 6.07) is 5.31. The van der Waals surface area contributed by atoms with Crippen LogP contribution in [0, 0.1) is 5.92 Å². The summed E-state index contributed by atoms with van der Waals surface area (Å²) in [7, 11) is 3.06. The average molecular weight is 351 g/mol. The predicted molar refractivity (Wildman–Crippen MR) is 91.2 cm³/mol. The fourth-order valence-corrected chi connectivity index (χ4v) is 2.95. The fraction of sp³-hybridized carbons (Fsp3) is 0.556. The number of likely N-dealkylation sites (tertiary alicyclic amines) is 1. The zero-order chi connectivity index (χ0) is 18.8. The smallest absolute Gasteiger partial charge is 0.410 e. The molecule has 1 fully saturated rings. The lowest BCUT2D eigenvalue weighted by Crippen LogP contribution is -2.35. The number of carbonyl (C=O) groups is 2. The van der Waals surface area contributed by atoms with Gasteiger partial charge in [0, 0.05) is 19.0 Å². The van der Waals surface area contributed by atoms with Gasteiger partial charge in [-0.1, -0.05) is 6.07 Å². The van der Waals surface area contributed by atoms with Gasteiger partial charge in [0.15, 0.2) is 11.5 Å². The minimum absolute atomic E-state index is 0.114. The minimum Gasteiger partial charge on any atom is -0.493 e. The molecule has 1 N–H and O–H groups in total. The molecule has 0 radical (unpaired) electrons. The van der Waals surface area contributed by atoms with Gasteiger partial charge in [-0.15, -0.1) is 0 Å². The number of benzene rings is 1. The zero-order valence-corrected chi connectivity index (χ0v) is 15.2. The van der Waals surface area contributed by atoms with E-state index in [1.807, 2.05) is 0 Å². The Morgan fingerprint density at radius 1 is 1.12 bits per heavy atom. The number of carbonyl (C=O) groups excluding carboxylic acids is 1. The topological polar surface area (TPSA) is 85.3 Å². The highest BCUT2D eigenvalue weighted by atomic mass is 16.6. The number of hydrogen-bond donors (Lipinski definition) is 1. The van der Waals surface area contributed by atoms with Gasteiger partial charge in [-0.05, 0) is 38.5 Å². The quantitative estimate of drug-likeness (QED) is 0.898. The van der Waals surface area contributed by atoms with Crippen molar-refractivity contribution in [1.82, 2.24) is 4.90 Å². The maximum Gasteiger partial charge on any atom is 0.410 e. The lowest BCUT2D eigenvalue weighted by atomic mass is 9.89. The summed E-state index contributed by atoms with van der Waals surface area (Å²) in [6.45, 7) is 5.73. The molecule has 7 nitrogen and oxygen atoms in total. The Morgan fingerprint density at radius 3 is 2.28 bits per heavy atom. The number of nitrogens with zero attached hydrogens (tertiary/aromatic N) is 1. The number of amides is 1. The molecule has 1 heterocycles. The molecule has 1 aliphatic rings. The summed E-state index contributed by atoms with van der Waals surface area (Å²) in [6.07, 6.45) is -0.498. The van der Waals surface area contributed by atoms with Crippen molar-refractivity contribution in [3.8, 4) is 11.5 Å². The largest absolute Gasteiger partial charge is 0.493 e. The molecule has 2 atom stereocenters. The molecule has 0 bridgehead atoms. The number of hydrogen-bond acceptors (Lipinski definition) is 5. The molecule has 0 saturated carbocycles. The van der Waals surface area contributed by atoms with Gasteiger partial charge in [0.1, 0.15) is 5.60 Å². The third-order valence-electron chi connectivity index (χ3n) is 4.12. The van der Waals surface area contributed by atoms with Gasteiger partial charge in [0.25, 0.3) is 0 Å². The van der Waals surface area contributed by atoms with E-state index in [0.717, 1.165) is 5.56 Å². The monoisotopic (exact) mass is 351 g/mol. The van der Waals surface area contributed by atoms with E-state index >= 15 is 0 Å². The molecule has 2 rings (SSSR count). The molecule has 1 saturated heterocycles. The molecule has 0 aromatic heterocycles. The lowest BCUT2D eigenvalue weighted by molar-refractivity contribution is -0.141. The average Bonchev–Trinajstić information content (AvgIpc) is 2.98. The van der Waals surface area contributed by atoms with Crippen molar-refractivity contribution < 1.29 is 28.9 Å². The predicted octanol–water partition coefficient (Wildman–Crippen LogP) is 2.74. The van der Waals surface area contributed by atoms with Gasteiger partial charge in [-0.3, -0.25) is 4.79 Å². The second-order valence-corrected chi connectivity index (χ2v) is 7.05. The number of methoxy groups -OCH3 is 2. The van der Waals surface area contributed by atoms with Gasteiger partial charge < -0.3 is 24.2 Å². The molecule has 1 aromatic rings. The first-order valence-corrected chi connectivity index (χ1v) is 8.09. The zero-order valence-electron chi connectivity index (χ0n) is 15.2. The van der Waals surface area contributed by atoms with E-state index in [0.29, 0.717) is 11.5 Å². The molecule has 1 aliphatic heterocycles. The van der Waals surface area contributed by atoms with Crippen LogP contribution in [-0.2, 0) is 9.53 Å². The summed E-state index contributed by atoms with van der Waals surface area (Å²) in [5, 5.41) is 9.57. The van der Waals surface area contributed by atoms with Crippen molar-refractivity contribution in [1.29, 1.82) is 0 Å². The Morgan fingerprint density at radius 2 is 1.76 bits per heavy atom. The molecule has 0 spiro atoms. The third kappa shape index (κ3) is 4.35. The van der Waals surface area contributed by atoms with Crippen LogP contribution in [0.3, 0.4) is 0 Å². The van der Waals surface area contributed by atoms with Gasteiger partial charge >= 0.3 is 12.1 Å². The molecular formula is C18H25NO6. The normalized spacial score (nSPS) is 20.3. The molecule has 7 heteroatoms. The SMILES string of the molecule is COc1ccc([C@@H]2CN(C(=O)OC(C)(C)C)C[C@H]2C(=O)O)cc1OC. The van der Waals surface area contributed by atoms with E-state index < -0.39 is 23.6 Å². The van der Waals surface area contributed by atoms with E-state index in [1.165, 1.54) is 19.1 Å². The summed E-state index contributed by atoms with van der Waals surface area (Å²) in [5.74, 6) is -0.888. The Labute approximate surface area is 147 Å². The Balaban J connectivity index is 2.27. The van der Waals surface area contributed by atoms with Crippen LogP contribution in [0.5, 0.6) is 11.5 Å². The molecule has 1 amide bonds. The Bertz CT molecular complexity index is 651. The maximum absolute atomic E-state index is 12.3. The van der Waals surface area contributed by atoms with Crippen LogP contribution < -0.4 is 9.47 Å². The van der Waals surface area contributed by atoms with Crippen molar-refractivity contribution in [3.63, 3.8) is 0 Å². The molecule has 1 aromatic carbocycles. The van der Waals surface area contributed by atoms with Crippen LogP contribution in [0.15, 0.2) is 18.2 Å². The summed E-state index contributed by atoms with van der Waals surface area (Å²) >= 11 is 0. The first kappa shape index (κ1) is 18.9. The van der Waals surface area contributed by atoms with Crippen molar-refractivity contribution in [2.24, 2.45) is 5.92 Å². The molecule has 0 unspecified atom stereocenters. The van der Waals surface area contributed by atoms with Crippen molar-refractivity contribution in [2.75, 3.05) is 27.3 Å². The number of carboxylic acid groups (broad SMARTS) is 1. The molecular weight excluding hydrogens is 326 g/mol. The van der Waals surface area contributed by atoms with Crippen LogP contribution >= 0.6 is 0 Å². The fourth-order valence-electron chi connectivity index (χ4n) is 2.95. The third-order valence-corrected chi connectivity index (χ3v) is 4.12. The van der Waals surface area contributed by atoms with Crippen LogP contribution in [0.4, 0.5) is 4.79 Å². The summed E-state index contributed by atoms with van der Waals surface area (Å²) < 4.78 is 15.9. The molecule has 0 aliphatic carbocycles. The highest BCUT2D eigenvalue weighted by Crippen LogP contribution is 2.37. The number of ether oxygens (including phenoxy) is 3. The van der Waals surface area contributed by atoms with Crippen LogP contribution in [-0.4, -0.2) is 55.0 Å². The van der Waals surface area contributed by atoms with Crippen LogP contribution in [0.25, 0.3) is 0 Å². The van der Waals surface area contributed by atoms with Gasteiger partial charge in [-0.2, -0.15) is 0 Å². The number of carboxylic acids is 1. The van der Waals surface area contributed by atoms with Crippen LogP contribution in [0.2, 0.25) is 0 Å². The van der Waals surface area contributed by atoms with E-state index in [-0.39, 0.29) is 19.0 Å². The van der Waals surface area contributed by atoms with Crippen molar-refractivity contribution in [2.45, 2.75) is 32.3 Å². The summed E-state index contributed by atoms with van der Waals surface area (Å²) in [4.78, 5) is 25.4. The maximum atomic E-state index is 12.3. The highest BCUT2D eigenvalue weighted by molar-refractivity contribution is 5.76. The lowest BCUT2D eigenvalue weighted by Gasteiger charge is -2.24. The Kier molecular flexibility index (Phi) is 5.45. The van der Waals surface area contributed by atoms with Gasteiger partial charge in [0.2, 0.25) is 0 Å². The van der Waals surface area contributed by atoms with E-state index in [1.54, 1.807) is 39.0 Å². The molecule has 25 heavy (non-hydrogen) atoms. The standard InChI is InChI=1S/C18H25NO6/c1-18(2,3)25-17(22)19-9-12(13(10-19)16(20)21)11-6-7-14(23-4)15(8-11)24-5/h6-8,12-13H,9-10H2,1-5H3,(H,20,21)/t12-,13+/m0/s1. The highest BCUT2D eigenvalue weighted by Gasteiger charge is 2.42.